The van der Waals surface area contributed by atoms with E-state index in [2.05, 4.69) is 9.64 Å². The first-order valence-corrected chi connectivity index (χ1v) is 4.05. The van der Waals surface area contributed by atoms with Gasteiger partial charge in [0.05, 0.1) is 7.11 Å². The van der Waals surface area contributed by atoms with E-state index in [9.17, 15) is 4.79 Å². The van der Waals surface area contributed by atoms with Crippen molar-refractivity contribution in [2.75, 3.05) is 14.2 Å². The van der Waals surface area contributed by atoms with Gasteiger partial charge in [0, 0.05) is 6.04 Å². The molecule has 0 aromatic rings. The van der Waals surface area contributed by atoms with Gasteiger partial charge >= 0.3 is 5.97 Å². The summed E-state index contributed by atoms with van der Waals surface area (Å²) in [6.45, 7) is 0. The molecule has 2 rings (SSSR count). The third-order valence-corrected chi connectivity index (χ3v) is 2.69. The number of methoxy groups -OCH3 is 1. The number of esters is 1. The molecule has 1 saturated heterocycles. The molecular formula is C8H13NO2. The van der Waals surface area contributed by atoms with Crippen LogP contribution in [0.15, 0.2) is 0 Å². The van der Waals surface area contributed by atoms with E-state index in [-0.39, 0.29) is 12.0 Å². The smallest absolute Gasteiger partial charge is 0.324 e. The maximum absolute atomic E-state index is 11.1. The molecule has 2 fully saturated rings. The van der Waals surface area contributed by atoms with Crippen LogP contribution in [0.4, 0.5) is 0 Å². The van der Waals surface area contributed by atoms with Crippen molar-refractivity contribution in [3.05, 3.63) is 0 Å². The molecule has 3 nitrogen and oxygen atoms in total. The summed E-state index contributed by atoms with van der Waals surface area (Å²) in [4.78, 5) is 13.2. The third kappa shape index (κ3) is 1.03. The fourth-order valence-corrected chi connectivity index (χ4v) is 1.82. The number of hydrogen-bond donors (Lipinski definition) is 0. The van der Waals surface area contributed by atoms with E-state index in [1.165, 1.54) is 20.0 Å². The van der Waals surface area contributed by atoms with E-state index in [0.717, 1.165) is 5.92 Å². The summed E-state index contributed by atoms with van der Waals surface area (Å²) in [6.07, 6.45) is 2.59. The fourth-order valence-electron chi connectivity index (χ4n) is 1.82. The first-order valence-electron chi connectivity index (χ1n) is 4.05. The van der Waals surface area contributed by atoms with Crippen LogP contribution in [0.25, 0.3) is 0 Å². The molecule has 2 aliphatic rings. The zero-order valence-electron chi connectivity index (χ0n) is 6.91. The lowest BCUT2D eigenvalue weighted by atomic mass is 10.2. The summed E-state index contributed by atoms with van der Waals surface area (Å²) in [6, 6.07) is 0.579. The standard InChI is InChI=1S/C8H13NO2/c1-9-6(5-3-4-5)7(9)8(10)11-2/h5-7H,3-4H2,1-2H3/t6-,7-,9?/m1/s1. The van der Waals surface area contributed by atoms with Crippen molar-refractivity contribution in [3.8, 4) is 0 Å². The first-order chi connectivity index (χ1) is 5.25. The Kier molecular flexibility index (Phi) is 1.42. The second-order valence-electron chi connectivity index (χ2n) is 3.46. The molecular weight excluding hydrogens is 142 g/mol. The Bertz CT molecular complexity index is 189. The molecule has 1 aliphatic carbocycles. The van der Waals surface area contributed by atoms with Gasteiger partial charge in [0.2, 0.25) is 0 Å². The lowest BCUT2D eigenvalue weighted by molar-refractivity contribution is -0.140. The fraction of sp³-hybridized carbons (Fsp3) is 0.875. The molecule has 1 unspecified atom stereocenters. The Labute approximate surface area is 66.3 Å². The minimum Gasteiger partial charge on any atom is -0.468 e. The van der Waals surface area contributed by atoms with Crippen LogP contribution in [-0.4, -0.2) is 37.1 Å². The van der Waals surface area contributed by atoms with Crippen LogP contribution < -0.4 is 0 Å². The Morgan fingerprint density at radius 3 is 2.64 bits per heavy atom. The molecule has 0 aromatic heterocycles. The SMILES string of the molecule is COC(=O)[C@H]1[C@@H](C2CC2)N1C. The predicted molar refractivity (Wildman–Crippen MR) is 40.1 cm³/mol. The highest BCUT2D eigenvalue weighted by molar-refractivity contribution is 5.80. The number of carbonyl (C=O) groups is 1. The summed E-state index contributed by atoms with van der Waals surface area (Å²) in [5.74, 6) is 0.716. The Morgan fingerprint density at radius 1 is 1.55 bits per heavy atom. The molecule has 0 aromatic carbocycles. The normalized spacial score (nSPS) is 41.8. The summed E-state index contributed by atoms with van der Waals surface area (Å²) >= 11 is 0. The third-order valence-electron chi connectivity index (χ3n) is 2.69. The zero-order chi connectivity index (χ0) is 8.01. The molecule has 3 atom stereocenters. The maximum atomic E-state index is 11.1. The van der Waals surface area contributed by atoms with Gasteiger partial charge in [0.1, 0.15) is 6.04 Å². The predicted octanol–water partition coefficient (Wildman–Crippen LogP) is 0.252. The average Bonchev–Trinajstić information content (AvgIpc) is 2.81. The molecule has 0 bridgehead atoms. The monoisotopic (exact) mass is 155 g/mol. The Balaban J connectivity index is 1.92. The molecule has 0 radical (unpaired) electrons. The van der Waals surface area contributed by atoms with E-state index in [4.69, 9.17) is 0 Å². The van der Waals surface area contributed by atoms with E-state index < -0.39 is 0 Å². The molecule has 11 heavy (non-hydrogen) atoms. The molecule has 0 amide bonds. The molecule has 1 heterocycles. The quantitative estimate of drug-likeness (QED) is 0.423. The number of nitrogens with zero attached hydrogens (tertiary/aromatic N) is 1. The number of ether oxygens (including phenoxy) is 1. The molecule has 1 aliphatic heterocycles. The van der Waals surface area contributed by atoms with Crippen LogP contribution >= 0.6 is 0 Å². The van der Waals surface area contributed by atoms with Gasteiger partial charge in [-0.05, 0) is 25.8 Å². The van der Waals surface area contributed by atoms with Crippen molar-refractivity contribution in [2.24, 2.45) is 5.92 Å². The first kappa shape index (κ1) is 7.10. The van der Waals surface area contributed by atoms with Crippen molar-refractivity contribution in [1.29, 1.82) is 0 Å². The topological polar surface area (TPSA) is 29.3 Å². The maximum Gasteiger partial charge on any atom is 0.324 e. The summed E-state index contributed by atoms with van der Waals surface area (Å²) in [5.41, 5.74) is 0. The van der Waals surface area contributed by atoms with Crippen LogP contribution in [0.3, 0.4) is 0 Å². The molecule has 0 N–H and O–H groups in total. The van der Waals surface area contributed by atoms with Crippen LogP contribution in [0.5, 0.6) is 0 Å². The van der Waals surface area contributed by atoms with Crippen LogP contribution in [0, 0.1) is 5.92 Å². The molecule has 0 spiro atoms. The average molecular weight is 155 g/mol. The lowest BCUT2D eigenvalue weighted by Crippen LogP contribution is -2.13. The van der Waals surface area contributed by atoms with Crippen molar-refractivity contribution in [1.82, 2.24) is 4.90 Å². The second kappa shape index (κ2) is 2.21. The van der Waals surface area contributed by atoms with Crippen molar-refractivity contribution in [3.63, 3.8) is 0 Å². The number of carbonyl (C=O) groups excluding carboxylic acids is 1. The van der Waals surface area contributed by atoms with E-state index >= 15 is 0 Å². The van der Waals surface area contributed by atoms with Gasteiger partial charge in [-0.1, -0.05) is 0 Å². The van der Waals surface area contributed by atoms with Gasteiger partial charge in [-0.2, -0.15) is 0 Å². The van der Waals surface area contributed by atoms with E-state index in [1.54, 1.807) is 0 Å². The molecule has 1 saturated carbocycles. The van der Waals surface area contributed by atoms with Gasteiger partial charge in [0.15, 0.2) is 0 Å². The van der Waals surface area contributed by atoms with E-state index in [0.29, 0.717) is 6.04 Å². The highest BCUT2D eigenvalue weighted by Crippen LogP contribution is 2.45. The van der Waals surface area contributed by atoms with Crippen LogP contribution in [0.2, 0.25) is 0 Å². The van der Waals surface area contributed by atoms with E-state index in [1.807, 2.05) is 7.05 Å². The molecule has 3 heteroatoms. The lowest BCUT2D eigenvalue weighted by Gasteiger charge is -1.92. The van der Waals surface area contributed by atoms with Crippen molar-refractivity contribution < 1.29 is 9.53 Å². The Morgan fingerprint density at radius 2 is 2.18 bits per heavy atom. The van der Waals surface area contributed by atoms with Crippen LogP contribution in [0.1, 0.15) is 12.8 Å². The summed E-state index contributed by atoms with van der Waals surface area (Å²) < 4.78 is 4.67. The summed E-state index contributed by atoms with van der Waals surface area (Å²) in [5, 5.41) is 0. The largest absolute Gasteiger partial charge is 0.468 e. The minimum absolute atomic E-state index is 0.0654. The van der Waals surface area contributed by atoms with Gasteiger partial charge < -0.3 is 4.74 Å². The zero-order valence-corrected chi connectivity index (χ0v) is 6.91. The van der Waals surface area contributed by atoms with Crippen molar-refractivity contribution >= 4 is 5.97 Å². The Hall–Kier alpha value is -0.570. The van der Waals surface area contributed by atoms with Crippen LogP contribution in [-0.2, 0) is 9.53 Å². The minimum atomic E-state index is -0.0654. The summed E-state index contributed by atoms with van der Waals surface area (Å²) in [7, 11) is 3.45. The molecule has 62 valence electrons. The van der Waals surface area contributed by atoms with Gasteiger partial charge in [-0.3, -0.25) is 9.69 Å². The van der Waals surface area contributed by atoms with Gasteiger partial charge in [-0.15, -0.1) is 0 Å². The highest BCUT2D eigenvalue weighted by Gasteiger charge is 2.57. The van der Waals surface area contributed by atoms with Crippen molar-refractivity contribution in [2.45, 2.75) is 24.9 Å². The highest BCUT2D eigenvalue weighted by atomic mass is 16.5. The number of hydrogen-bond acceptors (Lipinski definition) is 3. The second-order valence-corrected chi connectivity index (χ2v) is 3.46. The number of rotatable bonds is 2. The number of likely N-dealkylation sites (N-methyl/N-ethyl adjacent to an activating group) is 1. The van der Waals surface area contributed by atoms with Gasteiger partial charge in [0.25, 0.3) is 0 Å². The van der Waals surface area contributed by atoms with Gasteiger partial charge in [-0.25, -0.2) is 0 Å².